The van der Waals surface area contributed by atoms with Crippen LogP contribution in [0, 0.1) is 0 Å². The van der Waals surface area contributed by atoms with E-state index in [1.807, 2.05) is 0 Å². The molecule has 5 heteroatoms. The van der Waals surface area contributed by atoms with Crippen LogP contribution in [0.5, 0.6) is 0 Å². The predicted octanol–water partition coefficient (Wildman–Crippen LogP) is 0.545. The molecule has 0 unspecified atom stereocenters. The number of hydrogen-bond acceptors (Lipinski definition) is 5. The Morgan fingerprint density at radius 3 is 2.53 bits per heavy atom. The maximum absolute atomic E-state index is 11.1. The Labute approximate surface area is 88.0 Å². The van der Waals surface area contributed by atoms with Crippen molar-refractivity contribution in [1.29, 1.82) is 0 Å². The Bertz CT molecular complexity index is 257. The highest BCUT2D eigenvalue weighted by atomic mass is 16.6. The molecule has 0 fully saturated rings. The van der Waals surface area contributed by atoms with Crippen LogP contribution in [0.2, 0.25) is 0 Å². The number of unbranched alkanes of at least 4 members (excludes halogenated alkanes) is 1. The minimum absolute atomic E-state index is 0.0456. The first-order valence-corrected chi connectivity index (χ1v) is 4.43. The summed E-state index contributed by atoms with van der Waals surface area (Å²) in [6.07, 6.45) is 2.02. The first kappa shape index (κ1) is 13.4. The van der Waals surface area contributed by atoms with E-state index in [0.29, 0.717) is 12.8 Å². The quantitative estimate of drug-likeness (QED) is 0.290. The average molecular weight is 214 g/mol. The van der Waals surface area contributed by atoms with Crippen molar-refractivity contribution in [3.63, 3.8) is 0 Å². The second kappa shape index (κ2) is 7.75. The third kappa shape index (κ3) is 6.45. The van der Waals surface area contributed by atoms with Crippen molar-refractivity contribution in [1.82, 2.24) is 0 Å². The van der Waals surface area contributed by atoms with Gasteiger partial charge in [-0.25, -0.2) is 9.59 Å². The van der Waals surface area contributed by atoms with Crippen LogP contribution >= 0.6 is 0 Å². The van der Waals surface area contributed by atoms with Crippen LogP contribution in [0.1, 0.15) is 12.8 Å². The number of rotatable bonds is 7. The van der Waals surface area contributed by atoms with E-state index in [2.05, 4.69) is 17.9 Å². The smallest absolute Gasteiger partial charge is 0.373 e. The fraction of sp³-hybridized carbons (Fsp3) is 0.400. The van der Waals surface area contributed by atoms with Crippen molar-refractivity contribution in [2.45, 2.75) is 12.8 Å². The van der Waals surface area contributed by atoms with Crippen molar-refractivity contribution in [2.75, 3.05) is 13.2 Å². The van der Waals surface area contributed by atoms with Crippen LogP contribution in [-0.4, -0.2) is 30.3 Å². The van der Waals surface area contributed by atoms with E-state index in [9.17, 15) is 9.59 Å². The van der Waals surface area contributed by atoms with Gasteiger partial charge in [0.2, 0.25) is 5.76 Å². The van der Waals surface area contributed by atoms with Gasteiger partial charge in [-0.05, 0) is 19.4 Å². The van der Waals surface area contributed by atoms with Crippen LogP contribution in [0.15, 0.2) is 25.0 Å². The normalized spacial score (nSPS) is 9.13. The summed E-state index contributed by atoms with van der Waals surface area (Å²) in [6, 6.07) is 0. The number of aliphatic hydroxyl groups excluding tert-OH is 1. The lowest BCUT2D eigenvalue weighted by molar-refractivity contribution is -0.149. The average Bonchev–Trinajstić information content (AvgIpc) is 2.23. The summed E-state index contributed by atoms with van der Waals surface area (Å²) in [5.74, 6) is -1.92. The van der Waals surface area contributed by atoms with Crippen LogP contribution in [-0.2, 0) is 19.1 Å². The van der Waals surface area contributed by atoms with Crippen molar-refractivity contribution in [2.24, 2.45) is 0 Å². The first-order chi connectivity index (χ1) is 7.11. The number of aliphatic hydroxyl groups is 1. The lowest BCUT2D eigenvalue weighted by Gasteiger charge is -2.05. The highest BCUT2D eigenvalue weighted by Crippen LogP contribution is 2.00. The zero-order valence-electron chi connectivity index (χ0n) is 8.40. The molecule has 0 radical (unpaired) electrons. The fourth-order valence-corrected chi connectivity index (χ4v) is 0.664. The van der Waals surface area contributed by atoms with Crippen LogP contribution < -0.4 is 0 Å². The van der Waals surface area contributed by atoms with E-state index in [4.69, 9.17) is 9.84 Å². The molecule has 0 saturated carbocycles. The molecule has 0 amide bonds. The summed E-state index contributed by atoms with van der Waals surface area (Å²) < 4.78 is 9.13. The monoisotopic (exact) mass is 214 g/mol. The molecular weight excluding hydrogens is 200 g/mol. The molecular formula is C10H14O5. The topological polar surface area (TPSA) is 72.8 Å². The van der Waals surface area contributed by atoms with Gasteiger partial charge in [-0.2, -0.15) is 0 Å². The fourth-order valence-electron chi connectivity index (χ4n) is 0.664. The number of hydrogen-bond donors (Lipinski definition) is 1. The summed E-state index contributed by atoms with van der Waals surface area (Å²) in [7, 11) is 0. The Hall–Kier alpha value is -1.62. The maximum Gasteiger partial charge on any atom is 0.373 e. The van der Waals surface area contributed by atoms with Gasteiger partial charge in [-0.1, -0.05) is 6.58 Å². The number of carbonyl (C=O) groups excluding carboxylic acids is 2. The number of esters is 2. The molecule has 1 N–H and O–H groups in total. The van der Waals surface area contributed by atoms with Gasteiger partial charge in [-0.15, -0.1) is 0 Å². The third-order valence-corrected chi connectivity index (χ3v) is 1.40. The Balaban J connectivity index is 3.74. The van der Waals surface area contributed by atoms with Gasteiger partial charge in [0.05, 0.1) is 6.61 Å². The van der Waals surface area contributed by atoms with Crippen molar-refractivity contribution < 1.29 is 24.2 Å². The minimum atomic E-state index is -0.789. The van der Waals surface area contributed by atoms with E-state index < -0.39 is 11.9 Å². The third-order valence-electron chi connectivity index (χ3n) is 1.40. The molecule has 0 saturated heterocycles. The summed E-state index contributed by atoms with van der Waals surface area (Å²) in [5, 5.41) is 8.45. The Kier molecular flexibility index (Phi) is 6.92. The van der Waals surface area contributed by atoms with Crippen LogP contribution in [0.3, 0.4) is 0 Å². The van der Waals surface area contributed by atoms with E-state index >= 15 is 0 Å². The van der Waals surface area contributed by atoms with E-state index in [0.717, 1.165) is 6.08 Å². The second-order valence-electron chi connectivity index (χ2n) is 2.62. The van der Waals surface area contributed by atoms with E-state index in [-0.39, 0.29) is 19.0 Å². The van der Waals surface area contributed by atoms with Crippen molar-refractivity contribution in [3.8, 4) is 0 Å². The maximum atomic E-state index is 11.1. The molecule has 84 valence electrons. The predicted molar refractivity (Wildman–Crippen MR) is 52.7 cm³/mol. The summed E-state index contributed by atoms with van der Waals surface area (Å²) in [6.45, 7) is 6.59. The molecule has 15 heavy (non-hydrogen) atoms. The highest BCUT2D eigenvalue weighted by molar-refractivity contribution is 5.91. The van der Waals surface area contributed by atoms with Gasteiger partial charge in [0.1, 0.15) is 0 Å². The lowest BCUT2D eigenvalue weighted by Crippen LogP contribution is -2.13. The molecule has 0 rings (SSSR count). The molecule has 5 nitrogen and oxygen atoms in total. The van der Waals surface area contributed by atoms with Crippen LogP contribution in [0.4, 0.5) is 0 Å². The molecule has 0 aromatic carbocycles. The van der Waals surface area contributed by atoms with E-state index in [1.165, 1.54) is 0 Å². The van der Waals surface area contributed by atoms with Gasteiger partial charge < -0.3 is 14.6 Å². The van der Waals surface area contributed by atoms with Gasteiger partial charge >= 0.3 is 11.9 Å². The van der Waals surface area contributed by atoms with Gasteiger partial charge in [0.25, 0.3) is 0 Å². The molecule has 0 aromatic rings. The van der Waals surface area contributed by atoms with Crippen molar-refractivity contribution >= 4 is 11.9 Å². The van der Waals surface area contributed by atoms with Crippen molar-refractivity contribution in [3.05, 3.63) is 25.0 Å². The number of carbonyl (C=O) groups is 2. The molecule has 0 aromatic heterocycles. The molecule has 0 aliphatic rings. The van der Waals surface area contributed by atoms with Gasteiger partial charge in [0.15, 0.2) is 0 Å². The minimum Gasteiger partial charge on any atom is -0.460 e. The molecule has 0 heterocycles. The summed E-state index contributed by atoms with van der Waals surface area (Å²) in [5.41, 5.74) is 0. The zero-order chi connectivity index (χ0) is 11.7. The SMILES string of the molecule is C=CC(=O)OC(=C)C(=O)OCCCCO. The largest absolute Gasteiger partial charge is 0.460 e. The Morgan fingerprint density at radius 1 is 1.33 bits per heavy atom. The van der Waals surface area contributed by atoms with E-state index in [1.54, 1.807) is 0 Å². The molecule has 0 aliphatic heterocycles. The summed E-state index contributed by atoms with van der Waals surface area (Å²) >= 11 is 0. The molecule has 0 aliphatic carbocycles. The Morgan fingerprint density at radius 2 is 2.00 bits per heavy atom. The molecule has 0 atom stereocenters. The molecule has 0 spiro atoms. The van der Waals surface area contributed by atoms with Crippen LogP contribution in [0.25, 0.3) is 0 Å². The summed E-state index contributed by atoms with van der Waals surface area (Å²) in [4.78, 5) is 21.7. The standard InChI is InChI=1S/C10H14O5/c1-3-9(12)15-8(2)10(13)14-7-5-4-6-11/h3,11H,1-2,4-7H2. The highest BCUT2D eigenvalue weighted by Gasteiger charge is 2.12. The van der Waals surface area contributed by atoms with Gasteiger partial charge in [0, 0.05) is 12.7 Å². The second-order valence-corrected chi connectivity index (χ2v) is 2.62. The molecule has 0 bridgehead atoms. The number of ether oxygens (including phenoxy) is 2. The zero-order valence-corrected chi connectivity index (χ0v) is 8.40. The first-order valence-electron chi connectivity index (χ1n) is 4.43. The lowest BCUT2D eigenvalue weighted by atomic mass is 10.3. The van der Waals surface area contributed by atoms with Gasteiger partial charge in [-0.3, -0.25) is 0 Å².